The Labute approximate surface area is 114 Å². The van der Waals surface area contributed by atoms with E-state index in [9.17, 15) is 4.79 Å². The number of carbonyl (C=O) groups excluding carboxylic acids is 1. The van der Waals surface area contributed by atoms with Crippen molar-refractivity contribution >= 4 is 17.2 Å². The Morgan fingerprint density at radius 2 is 2.47 bits per heavy atom. The first kappa shape index (κ1) is 13.6. The van der Waals surface area contributed by atoms with Gasteiger partial charge in [0.1, 0.15) is 0 Å². The molecule has 3 N–H and O–H groups in total. The largest absolute Gasteiger partial charge is 0.299 e. The van der Waals surface area contributed by atoms with E-state index in [0.717, 1.165) is 18.8 Å². The topological polar surface area (TPSA) is 102 Å². The average molecular weight is 281 g/mol. The second-order valence-corrected chi connectivity index (χ2v) is 4.78. The summed E-state index contributed by atoms with van der Waals surface area (Å²) in [7, 11) is 2.00. The van der Waals surface area contributed by atoms with Gasteiger partial charge in [-0.05, 0) is 7.05 Å². The Balaban J connectivity index is 1.81. The number of hydrogen-bond donors (Lipinski definition) is 2. The second-order valence-electron chi connectivity index (χ2n) is 4.06. The minimum atomic E-state index is -0.443. The summed E-state index contributed by atoms with van der Waals surface area (Å²) in [4.78, 5) is 17.6. The lowest BCUT2D eigenvalue weighted by atomic mass is 10.4. The third-order valence-corrected chi connectivity index (χ3v) is 3.16. The number of carbonyl (C=O) groups is 1. The molecule has 0 saturated carbocycles. The van der Waals surface area contributed by atoms with Gasteiger partial charge in [0.05, 0.1) is 23.9 Å². The molecule has 2 aromatic heterocycles. The van der Waals surface area contributed by atoms with Crippen molar-refractivity contribution in [3.8, 4) is 0 Å². The molecule has 9 heteroatoms. The molecule has 0 aliphatic rings. The molecule has 0 aliphatic heterocycles. The summed E-state index contributed by atoms with van der Waals surface area (Å²) in [5.74, 6) is 4.58. The summed E-state index contributed by atoms with van der Waals surface area (Å²) >= 11 is 1.58. The minimum absolute atomic E-state index is 0.213. The monoisotopic (exact) mass is 281 g/mol. The van der Waals surface area contributed by atoms with Crippen LogP contribution in [0.1, 0.15) is 16.2 Å². The van der Waals surface area contributed by atoms with E-state index in [1.165, 1.54) is 0 Å². The van der Waals surface area contributed by atoms with E-state index in [0.29, 0.717) is 6.54 Å². The highest BCUT2D eigenvalue weighted by Gasteiger charge is 2.09. The fourth-order valence-corrected chi connectivity index (χ4v) is 2.08. The van der Waals surface area contributed by atoms with E-state index < -0.39 is 5.91 Å². The van der Waals surface area contributed by atoms with Gasteiger partial charge < -0.3 is 0 Å². The molecule has 2 heterocycles. The van der Waals surface area contributed by atoms with Crippen molar-refractivity contribution in [2.75, 3.05) is 13.6 Å². The second kappa shape index (κ2) is 6.36. The third-order valence-electron chi connectivity index (χ3n) is 2.53. The molecule has 0 fully saturated rings. The van der Waals surface area contributed by atoms with Gasteiger partial charge in [-0.25, -0.2) is 10.8 Å². The fourth-order valence-electron chi connectivity index (χ4n) is 1.53. The van der Waals surface area contributed by atoms with Crippen molar-refractivity contribution in [3.05, 3.63) is 28.5 Å². The van der Waals surface area contributed by atoms with E-state index in [1.54, 1.807) is 22.2 Å². The summed E-state index contributed by atoms with van der Waals surface area (Å²) in [6, 6.07) is 0. The van der Waals surface area contributed by atoms with Crippen LogP contribution in [0.3, 0.4) is 0 Å². The quantitative estimate of drug-likeness (QED) is 0.419. The van der Waals surface area contributed by atoms with Crippen LogP contribution in [0.4, 0.5) is 0 Å². The van der Waals surface area contributed by atoms with Gasteiger partial charge in [0, 0.05) is 18.5 Å². The molecular formula is C10H15N7OS. The standard InChI is InChI=1S/C10H15N7OS/c1-16(4-8-6-19-7-12-8)2-3-17-5-9(14-15-17)10(18)13-11/h5-7H,2-4,11H2,1H3,(H,13,18). The van der Waals surface area contributed by atoms with Gasteiger partial charge in [-0.15, -0.1) is 16.4 Å². The summed E-state index contributed by atoms with van der Waals surface area (Å²) < 4.78 is 1.61. The maximum atomic E-state index is 11.2. The molecule has 0 spiro atoms. The SMILES string of the molecule is CN(CCn1cc(C(=O)NN)nn1)Cc1cscn1. The molecule has 2 aromatic rings. The molecule has 2 rings (SSSR count). The maximum absolute atomic E-state index is 11.2. The Bertz CT molecular complexity index is 524. The molecule has 0 aliphatic carbocycles. The highest BCUT2D eigenvalue weighted by atomic mass is 32.1. The van der Waals surface area contributed by atoms with Crippen LogP contribution in [0.15, 0.2) is 17.1 Å². The van der Waals surface area contributed by atoms with Gasteiger partial charge in [0.2, 0.25) is 0 Å². The van der Waals surface area contributed by atoms with Crippen molar-refractivity contribution in [2.45, 2.75) is 13.1 Å². The van der Waals surface area contributed by atoms with Crippen molar-refractivity contribution in [1.82, 2.24) is 30.3 Å². The van der Waals surface area contributed by atoms with E-state index >= 15 is 0 Å². The molecule has 0 radical (unpaired) electrons. The number of thiazole rings is 1. The van der Waals surface area contributed by atoms with E-state index in [2.05, 4.69) is 20.2 Å². The molecule has 0 aromatic carbocycles. The highest BCUT2D eigenvalue weighted by Crippen LogP contribution is 2.04. The van der Waals surface area contributed by atoms with Crippen LogP contribution >= 0.6 is 11.3 Å². The number of nitrogen functional groups attached to an aromatic ring is 1. The van der Waals surface area contributed by atoms with Gasteiger partial charge in [-0.2, -0.15) is 0 Å². The molecule has 0 bridgehead atoms. The zero-order valence-corrected chi connectivity index (χ0v) is 11.3. The Kier molecular flexibility index (Phi) is 4.55. The van der Waals surface area contributed by atoms with Crippen molar-refractivity contribution in [3.63, 3.8) is 0 Å². The maximum Gasteiger partial charge on any atom is 0.287 e. The third kappa shape index (κ3) is 3.81. The van der Waals surface area contributed by atoms with Gasteiger partial charge >= 0.3 is 0 Å². The van der Waals surface area contributed by atoms with Crippen LogP contribution < -0.4 is 11.3 Å². The lowest BCUT2D eigenvalue weighted by Crippen LogP contribution is -2.30. The van der Waals surface area contributed by atoms with Crippen molar-refractivity contribution < 1.29 is 4.79 Å². The Morgan fingerprint density at radius 3 is 3.16 bits per heavy atom. The van der Waals surface area contributed by atoms with Crippen molar-refractivity contribution in [1.29, 1.82) is 0 Å². The number of nitrogens with one attached hydrogen (secondary N) is 1. The minimum Gasteiger partial charge on any atom is -0.299 e. The number of nitrogens with zero attached hydrogens (tertiary/aromatic N) is 5. The summed E-state index contributed by atoms with van der Waals surface area (Å²) in [6.07, 6.45) is 1.57. The zero-order valence-electron chi connectivity index (χ0n) is 10.5. The molecule has 1 amide bonds. The van der Waals surface area contributed by atoms with E-state index in [4.69, 9.17) is 5.84 Å². The molecular weight excluding hydrogens is 266 g/mol. The lowest BCUT2D eigenvalue weighted by Gasteiger charge is -2.14. The predicted molar refractivity (Wildman–Crippen MR) is 70.1 cm³/mol. The number of hydrazine groups is 1. The van der Waals surface area contributed by atoms with Gasteiger partial charge in [0.15, 0.2) is 5.69 Å². The number of hydrogen-bond acceptors (Lipinski definition) is 7. The van der Waals surface area contributed by atoms with Crippen LogP contribution in [0.5, 0.6) is 0 Å². The molecule has 102 valence electrons. The highest BCUT2D eigenvalue weighted by molar-refractivity contribution is 7.07. The summed E-state index contributed by atoms with van der Waals surface area (Å²) in [5, 5.41) is 9.62. The number of rotatable bonds is 6. The Hall–Kier alpha value is -1.84. The van der Waals surface area contributed by atoms with E-state index in [-0.39, 0.29) is 5.69 Å². The number of amides is 1. The number of likely N-dealkylation sites (N-methyl/N-ethyl adjacent to an activating group) is 1. The molecule has 8 nitrogen and oxygen atoms in total. The molecule has 19 heavy (non-hydrogen) atoms. The molecule has 0 saturated heterocycles. The predicted octanol–water partition coefficient (Wildman–Crippen LogP) is -0.530. The van der Waals surface area contributed by atoms with Gasteiger partial charge in [-0.3, -0.25) is 19.8 Å². The van der Waals surface area contributed by atoms with Crippen LogP contribution in [0, 0.1) is 0 Å². The fraction of sp³-hybridized carbons (Fsp3) is 0.400. The first-order chi connectivity index (χ1) is 9.19. The van der Waals surface area contributed by atoms with Crippen LogP contribution in [-0.2, 0) is 13.1 Å². The van der Waals surface area contributed by atoms with Gasteiger partial charge in [-0.1, -0.05) is 5.21 Å². The summed E-state index contributed by atoms with van der Waals surface area (Å²) in [6.45, 7) is 2.21. The van der Waals surface area contributed by atoms with Crippen molar-refractivity contribution in [2.24, 2.45) is 5.84 Å². The number of aromatic nitrogens is 4. The number of nitrogens with two attached hydrogens (primary N) is 1. The van der Waals surface area contributed by atoms with E-state index in [1.807, 2.05) is 23.4 Å². The zero-order chi connectivity index (χ0) is 13.7. The van der Waals surface area contributed by atoms with Crippen LogP contribution in [0.2, 0.25) is 0 Å². The Morgan fingerprint density at radius 1 is 1.63 bits per heavy atom. The normalized spacial score (nSPS) is 10.9. The first-order valence-corrected chi connectivity index (χ1v) is 6.60. The molecule has 0 unspecified atom stereocenters. The lowest BCUT2D eigenvalue weighted by molar-refractivity contribution is 0.0948. The smallest absolute Gasteiger partial charge is 0.287 e. The average Bonchev–Trinajstić information content (AvgIpc) is 3.06. The summed E-state index contributed by atoms with van der Waals surface area (Å²) in [5.41, 5.74) is 5.10. The molecule has 0 atom stereocenters. The van der Waals surface area contributed by atoms with Crippen LogP contribution in [-0.4, -0.2) is 44.4 Å². The first-order valence-electron chi connectivity index (χ1n) is 5.65. The van der Waals surface area contributed by atoms with Gasteiger partial charge in [0.25, 0.3) is 5.91 Å². The van der Waals surface area contributed by atoms with Crippen LogP contribution in [0.25, 0.3) is 0 Å².